The van der Waals surface area contributed by atoms with Gasteiger partial charge in [0.15, 0.2) is 0 Å². The van der Waals surface area contributed by atoms with E-state index in [0.717, 1.165) is 5.75 Å². The van der Waals surface area contributed by atoms with E-state index in [9.17, 15) is 14.7 Å². The monoisotopic (exact) mass is 295 g/mol. The van der Waals surface area contributed by atoms with Crippen LogP contribution in [0.1, 0.15) is 17.3 Å². The number of rotatable bonds is 4. The number of amides is 1. The van der Waals surface area contributed by atoms with Crippen LogP contribution in [-0.2, 0) is 4.79 Å². The van der Waals surface area contributed by atoms with Crippen LogP contribution in [0.3, 0.4) is 0 Å². The number of thioether (sulfide) groups is 1. The highest BCUT2D eigenvalue weighted by Crippen LogP contribution is 2.24. The summed E-state index contributed by atoms with van der Waals surface area (Å²) < 4.78 is 5.44. The summed E-state index contributed by atoms with van der Waals surface area (Å²) in [5.74, 6) is 0.452. The molecule has 1 aliphatic heterocycles. The standard InChI is InChI=1S/C14H17NO4S/c1-2-19-12-6-4-3-5-10(12)13(16)15-7-8-20-9-11(15)14(17)18/h3-6,11H,2,7-9H2,1H3,(H,17,18). The fourth-order valence-electron chi connectivity index (χ4n) is 2.13. The number of aliphatic carboxylic acids is 1. The molecule has 0 bridgehead atoms. The van der Waals surface area contributed by atoms with Crippen LogP contribution in [0, 0.1) is 0 Å². The lowest BCUT2D eigenvalue weighted by molar-refractivity contribution is -0.141. The van der Waals surface area contributed by atoms with Crippen LogP contribution in [0.5, 0.6) is 5.75 Å². The molecule has 108 valence electrons. The predicted molar refractivity (Wildman–Crippen MR) is 77.4 cm³/mol. The smallest absolute Gasteiger partial charge is 0.327 e. The molecule has 1 heterocycles. The Morgan fingerprint density at radius 3 is 2.90 bits per heavy atom. The first kappa shape index (κ1) is 14.7. The molecule has 0 aromatic heterocycles. The molecule has 1 fully saturated rings. The van der Waals surface area contributed by atoms with E-state index in [1.54, 1.807) is 36.0 Å². The Morgan fingerprint density at radius 2 is 2.20 bits per heavy atom. The van der Waals surface area contributed by atoms with Gasteiger partial charge in [-0.2, -0.15) is 11.8 Å². The molecule has 1 amide bonds. The molecule has 2 rings (SSSR count). The van der Waals surface area contributed by atoms with Crippen molar-refractivity contribution in [2.75, 3.05) is 24.7 Å². The topological polar surface area (TPSA) is 66.8 Å². The van der Waals surface area contributed by atoms with Crippen molar-refractivity contribution in [1.82, 2.24) is 4.90 Å². The van der Waals surface area contributed by atoms with E-state index >= 15 is 0 Å². The molecule has 1 aromatic carbocycles. The molecule has 0 spiro atoms. The molecule has 0 saturated carbocycles. The van der Waals surface area contributed by atoms with Crippen molar-refractivity contribution in [1.29, 1.82) is 0 Å². The molecule has 1 aliphatic rings. The molecule has 0 aliphatic carbocycles. The first-order chi connectivity index (χ1) is 9.65. The zero-order chi connectivity index (χ0) is 14.5. The van der Waals surface area contributed by atoms with Gasteiger partial charge in [-0.3, -0.25) is 4.79 Å². The molecule has 1 N–H and O–H groups in total. The van der Waals surface area contributed by atoms with Gasteiger partial charge in [0.1, 0.15) is 11.8 Å². The van der Waals surface area contributed by atoms with E-state index in [4.69, 9.17) is 4.74 Å². The lowest BCUT2D eigenvalue weighted by Gasteiger charge is -2.33. The minimum absolute atomic E-state index is 0.276. The summed E-state index contributed by atoms with van der Waals surface area (Å²) in [6.45, 7) is 2.75. The Hall–Kier alpha value is -1.69. The first-order valence-corrected chi connectivity index (χ1v) is 7.64. The number of hydrogen-bond donors (Lipinski definition) is 1. The van der Waals surface area contributed by atoms with Gasteiger partial charge in [-0.25, -0.2) is 4.79 Å². The van der Waals surface area contributed by atoms with Gasteiger partial charge in [-0.1, -0.05) is 12.1 Å². The quantitative estimate of drug-likeness (QED) is 0.916. The van der Waals surface area contributed by atoms with Crippen molar-refractivity contribution in [3.05, 3.63) is 29.8 Å². The van der Waals surface area contributed by atoms with Crippen LogP contribution >= 0.6 is 11.8 Å². The number of carbonyl (C=O) groups is 2. The zero-order valence-electron chi connectivity index (χ0n) is 11.2. The summed E-state index contributed by atoms with van der Waals surface area (Å²) in [6.07, 6.45) is 0. The normalized spacial score (nSPS) is 18.6. The van der Waals surface area contributed by atoms with Crippen LogP contribution in [-0.4, -0.2) is 52.6 Å². The lowest BCUT2D eigenvalue weighted by atomic mass is 10.1. The molecule has 1 atom stereocenters. The largest absolute Gasteiger partial charge is 0.493 e. The summed E-state index contributed by atoms with van der Waals surface area (Å²) in [5, 5.41) is 9.24. The lowest BCUT2D eigenvalue weighted by Crippen LogP contribution is -2.50. The van der Waals surface area contributed by atoms with Crippen molar-refractivity contribution >= 4 is 23.6 Å². The molecule has 1 aromatic rings. The Balaban J connectivity index is 2.27. The van der Waals surface area contributed by atoms with Gasteiger partial charge in [0.2, 0.25) is 0 Å². The van der Waals surface area contributed by atoms with Gasteiger partial charge < -0.3 is 14.7 Å². The van der Waals surface area contributed by atoms with Crippen molar-refractivity contribution in [2.24, 2.45) is 0 Å². The maximum Gasteiger partial charge on any atom is 0.327 e. The van der Waals surface area contributed by atoms with Crippen molar-refractivity contribution in [3.63, 3.8) is 0 Å². The molecule has 6 heteroatoms. The Kier molecular flexibility index (Phi) is 4.89. The fraction of sp³-hybridized carbons (Fsp3) is 0.429. The van der Waals surface area contributed by atoms with E-state index in [1.807, 2.05) is 6.92 Å². The molecular formula is C14H17NO4S. The number of ether oxygens (including phenoxy) is 1. The van der Waals surface area contributed by atoms with Crippen LogP contribution in [0.25, 0.3) is 0 Å². The highest BCUT2D eigenvalue weighted by atomic mass is 32.2. The van der Waals surface area contributed by atoms with Gasteiger partial charge in [0.25, 0.3) is 5.91 Å². The van der Waals surface area contributed by atoms with Crippen LogP contribution < -0.4 is 4.74 Å². The summed E-state index contributed by atoms with van der Waals surface area (Å²) >= 11 is 1.56. The first-order valence-electron chi connectivity index (χ1n) is 6.48. The van der Waals surface area contributed by atoms with Crippen LogP contribution in [0.2, 0.25) is 0 Å². The number of carboxylic acids is 1. The van der Waals surface area contributed by atoms with Gasteiger partial charge in [0, 0.05) is 18.1 Å². The molecule has 20 heavy (non-hydrogen) atoms. The van der Waals surface area contributed by atoms with Gasteiger partial charge in [-0.15, -0.1) is 0 Å². The minimum Gasteiger partial charge on any atom is -0.493 e. The van der Waals surface area contributed by atoms with Crippen LogP contribution in [0.15, 0.2) is 24.3 Å². The van der Waals surface area contributed by atoms with E-state index in [1.165, 1.54) is 4.90 Å². The van der Waals surface area contributed by atoms with Gasteiger partial charge in [0.05, 0.1) is 12.2 Å². The second-order valence-corrected chi connectivity index (χ2v) is 5.51. The molecule has 1 unspecified atom stereocenters. The third-order valence-corrected chi connectivity index (χ3v) is 4.11. The van der Waals surface area contributed by atoms with E-state index in [-0.39, 0.29) is 5.91 Å². The third-order valence-electron chi connectivity index (χ3n) is 3.09. The van der Waals surface area contributed by atoms with E-state index < -0.39 is 12.0 Å². The maximum absolute atomic E-state index is 12.6. The number of carboxylic acid groups (broad SMARTS) is 1. The number of benzene rings is 1. The number of hydrogen-bond acceptors (Lipinski definition) is 4. The van der Waals surface area contributed by atoms with Crippen molar-refractivity contribution in [2.45, 2.75) is 13.0 Å². The van der Waals surface area contributed by atoms with Crippen molar-refractivity contribution < 1.29 is 19.4 Å². The fourth-order valence-corrected chi connectivity index (χ4v) is 3.17. The van der Waals surface area contributed by atoms with Gasteiger partial charge >= 0.3 is 5.97 Å². The second kappa shape index (κ2) is 6.65. The Labute approximate surface area is 121 Å². The highest BCUT2D eigenvalue weighted by molar-refractivity contribution is 7.99. The van der Waals surface area contributed by atoms with Crippen LogP contribution in [0.4, 0.5) is 0 Å². The van der Waals surface area contributed by atoms with E-state index in [0.29, 0.717) is 30.2 Å². The number of carbonyl (C=O) groups excluding carboxylic acids is 1. The molecular weight excluding hydrogens is 278 g/mol. The molecule has 5 nitrogen and oxygen atoms in total. The number of para-hydroxylation sites is 1. The average molecular weight is 295 g/mol. The predicted octanol–water partition coefficient (Wildman–Crippen LogP) is 1.73. The summed E-state index contributed by atoms with van der Waals surface area (Å²) in [7, 11) is 0. The zero-order valence-corrected chi connectivity index (χ0v) is 12.1. The Morgan fingerprint density at radius 1 is 1.45 bits per heavy atom. The number of nitrogens with zero attached hydrogens (tertiary/aromatic N) is 1. The average Bonchev–Trinajstić information content (AvgIpc) is 2.47. The van der Waals surface area contributed by atoms with E-state index in [2.05, 4.69) is 0 Å². The summed E-state index contributed by atoms with van der Waals surface area (Å²) in [5.41, 5.74) is 0.424. The Bertz CT molecular complexity index is 506. The maximum atomic E-state index is 12.6. The van der Waals surface area contributed by atoms with Gasteiger partial charge in [-0.05, 0) is 19.1 Å². The molecule has 1 saturated heterocycles. The minimum atomic E-state index is -0.959. The highest BCUT2D eigenvalue weighted by Gasteiger charge is 2.33. The summed E-state index contributed by atoms with van der Waals surface area (Å²) in [4.78, 5) is 25.3. The second-order valence-electron chi connectivity index (χ2n) is 4.36. The van der Waals surface area contributed by atoms with Crippen molar-refractivity contribution in [3.8, 4) is 5.75 Å². The third kappa shape index (κ3) is 3.07. The SMILES string of the molecule is CCOc1ccccc1C(=O)N1CCSCC1C(=O)O. The summed E-state index contributed by atoms with van der Waals surface area (Å²) in [6, 6.07) is 6.18. The molecule has 0 radical (unpaired) electrons.